The van der Waals surface area contributed by atoms with E-state index in [4.69, 9.17) is 4.74 Å². The lowest BCUT2D eigenvalue weighted by atomic mass is 9.97. The fraction of sp³-hybridized carbons (Fsp3) is 0.667. The van der Waals surface area contributed by atoms with Gasteiger partial charge in [0, 0.05) is 25.2 Å². The molecule has 7 nitrogen and oxygen atoms in total. The van der Waals surface area contributed by atoms with Crippen molar-refractivity contribution in [2.24, 2.45) is 13.0 Å². The molecule has 2 atom stereocenters. The number of carboxylic acid groups (broad SMARTS) is 1. The van der Waals surface area contributed by atoms with Gasteiger partial charge in [0.2, 0.25) is 5.91 Å². The molecule has 0 saturated carbocycles. The van der Waals surface area contributed by atoms with Crippen molar-refractivity contribution in [1.29, 1.82) is 0 Å². The van der Waals surface area contributed by atoms with E-state index < -0.39 is 12.0 Å². The molecule has 1 saturated heterocycles. The second-order valence-corrected chi connectivity index (χ2v) is 5.84. The Labute approximate surface area is 129 Å². The van der Waals surface area contributed by atoms with E-state index in [0.717, 1.165) is 17.0 Å². The third kappa shape index (κ3) is 3.14. The minimum atomic E-state index is -1.02. The maximum absolute atomic E-state index is 12.6. The summed E-state index contributed by atoms with van der Waals surface area (Å²) in [6, 6.07) is -0.889. The summed E-state index contributed by atoms with van der Waals surface area (Å²) >= 11 is 0. The Bertz CT molecular complexity index is 582. The highest BCUT2D eigenvalue weighted by molar-refractivity contribution is 5.85. The topological polar surface area (TPSA) is 84.7 Å². The molecule has 0 unspecified atom stereocenters. The van der Waals surface area contributed by atoms with Crippen LogP contribution in [0.4, 0.5) is 0 Å². The molecular weight excluding hydrogens is 286 g/mol. The smallest absolute Gasteiger partial charge is 0.328 e. The van der Waals surface area contributed by atoms with E-state index in [2.05, 4.69) is 5.10 Å². The van der Waals surface area contributed by atoms with Crippen molar-refractivity contribution in [3.05, 3.63) is 17.0 Å². The molecule has 1 amide bonds. The number of carbonyl (C=O) groups excluding carboxylic acids is 1. The Morgan fingerprint density at radius 1 is 1.45 bits per heavy atom. The first-order chi connectivity index (χ1) is 10.3. The van der Waals surface area contributed by atoms with Gasteiger partial charge in [0.05, 0.1) is 18.9 Å². The second-order valence-electron chi connectivity index (χ2n) is 5.84. The van der Waals surface area contributed by atoms with E-state index in [1.165, 1.54) is 4.90 Å². The molecule has 0 spiro atoms. The lowest BCUT2D eigenvalue weighted by Gasteiger charge is -2.34. The number of carboxylic acids is 1. The molecule has 1 aromatic heterocycles. The highest BCUT2D eigenvalue weighted by Crippen LogP contribution is 2.20. The first kappa shape index (κ1) is 16.5. The molecule has 1 N–H and O–H groups in total. The second kappa shape index (κ2) is 6.48. The molecule has 0 aliphatic carbocycles. The fourth-order valence-electron chi connectivity index (χ4n) is 2.86. The molecule has 1 fully saturated rings. The number of morpholine rings is 1. The van der Waals surface area contributed by atoms with Crippen molar-refractivity contribution in [1.82, 2.24) is 14.7 Å². The van der Waals surface area contributed by atoms with Gasteiger partial charge in [-0.05, 0) is 25.8 Å². The minimum Gasteiger partial charge on any atom is -0.480 e. The van der Waals surface area contributed by atoms with E-state index in [-0.39, 0.29) is 18.4 Å². The summed E-state index contributed by atoms with van der Waals surface area (Å²) in [6.45, 7) is 6.50. The highest BCUT2D eigenvalue weighted by Gasteiger charge is 2.35. The van der Waals surface area contributed by atoms with Crippen molar-refractivity contribution in [3.8, 4) is 0 Å². The molecular formula is C15H23N3O4. The van der Waals surface area contributed by atoms with Gasteiger partial charge in [0.25, 0.3) is 0 Å². The third-order valence-corrected chi connectivity index (χ3v) is 4.29. The Morgan fingerprint density at radius 3 is 2.68 bits per heavy atom. The molecule has 0 aromatic carbocycles. The van der Waals surface area contributed by atoms with Gasteiger partial charge in [-0.1, -0.05) is 6.92 Å². The van der Waals surface area contributed by atoms with Gasteiger partial charge in [-0.15, -0.1) is 0 Å². The molecule has 1 aliphatic heterocycles. The molecule has 2 rings (SSSR count). The SMILES string of the molecule is Cc1nn(C)c(C)c1C[C@H](C)C(=O)N1CCOC[C@H]1C(=O)O. The number of aliphatic carboxylic acids is 1. The van der Waals surface area contributed by atoms with E-state index in [0.29, 0.717) is 19.6 Å². The van der Waals surface area contributed by atoms with E-state index in [1.54, 1.807) is 4.68 Å². The fourth-order valence-corrected chi connectivity index (χ4v) is 2.86. The monoisotopic (exact) mass is 309 g/mol. The Morgan fingerprint density at radius 2 is 2.14 bits per heavy atom. The lowest BCUT2D eigenvalue weighted by molar-refractivity contribution is -0.160. The quantitative estimate of drug-likeness (QED) is 0.877. The molecule has 0 bridgehead atoms. The summed E-state index contributed by atoms with van der Waals surface area (Å²) < 4.78 is 6.98. The summed E-state index contributed by atoms with van der Waals surface area (Å²) in [4.78, 5) is 25.3. The number of aryl methyl sites for hydroxylation is 2. The molecule has 0 radical (unpaired) electrons. The number of ether oxygens (including phenoxy) is 1. The first-order valence-electron chi connectivity index (χ1n) is 7.43. The Hall–Kier alpha value is -1.89. The van der Waals surface area contributed by atoms with Gasteiger partial charge >= 0.3 is 5.97 Å². The summed E-state index contributed by atoms with van der Waals surface area (Å²) in [7, 11) is 1.88. The van der Waals surface area contributed by atoms with Crippen LogP contribution in [0.15, 0.2) is 0 Å². The zero-order valence-electron chi connectivity index (χ0n) is 13.5. The van der Waals surface area contributed by atoms with Crippen molar-refractivity contribution < 1.29 is 19.4 Å². The molecule has 1 aliphatic rings. The highest BCUT2D eigenvalue weighted by atomic mass is 16.5. The average molecular weight is 309 g/mol. The van der Waals surface area contributed by atoms with Gasteiger partial charge in [0.15, 0.2) is 6.04 Å². The van der Waals surface area contributed by atoms with Crippen LogP contribution >= 0.6 is 0 Å². The van der Waals surface area contributed by atoms with E-state index in [9.17, 15) is 14.7 Å². The van der Waals surface area contributed by atoms with Crippen LogP contribution in [0.2, 0.25) is 0 Å². The Balaban J connectivity index is 2.12. The van der Waals surface area contributed by atoms with Crippen LogP contribution in [0.25, 0.3) is 0 Å². The van der Waals surface area contributed by atoms with Crippen molar-refractivity contribution in [3.63, 3.8) is 0 Å². The summed E-state index contributed by atoms with van der Waals surface area (Å²) in [5.74, 6) is -1.45. The maximum atomic E-state index is 12.6. The average Bonchev–Trinajstić information content (AvgIpc) is 2.72. The van der Waals surface area contributed by atoms with E-state index in [1.807, 2.05) is 27.8 Å². The molecule has 2 heterocycles. The molecule has 22 heavy (non-hydrogen) atoms. The summed E-state index contributed by atoms with van der Waals surface area (Å²) in [5, 5.41) is 13.6. The minimum absolute atomic E-state index is 0.0543. The molecule has 1 aromatic rings. The predicted molar refractivity (Wildman–Crippen MR) is 79.5 cm³/mol. The van der Waals surface area contributed by atoms with Crippen LogP contribution in [-0.2, 0) is 27.8 Å². The van der Waals surface area contributed by atoms with Gasteiger partial charge < -0.3 is 14.7 Å². The number of nitrogens with zero attached hydrogens (tertiary/aromatic N) is 3. The van der Waals surface area contributed by atoms with Gasteiger partial charge in [0.1, 0.15) is 0 Å². The van der Waals surface area contributed by atoms with Crippen LogP contribution in [0.5, 0.6) is 0 Å². The van der Waals surface area contributed by atoms with Crippen LogP contribution < -0.4 is 0 Å². The van der Waals surface area contributed by atoms with Crippen molar-refractivity contribution in [2.75, 3.05) is 19.8 Å². The summed E-state index contributed by atoms with van der Waals surface area (Å²) in [5.41, 5.74) is 3.01. The standard InChI is InChI=1S/C15H23N3O4/c1-9(7-12-10(2)16-17(4)11(12)3)14(19)18-5-6-22-8-13(18)15(20)21/h9,13H,5-8H2,1-4H3,(H,20,21)/t9-,13-/m0/s1. The third-order valence-electron chi connectivity index (χ3n) is 4.29. The number of amides is 1. The first-order valence-corrected chi connectivity index (χ1v) is 7.43. The molecule has 122 valence electrons. The lowest BCUT2D eigenvalue weighted by Crippen LogP contribution is -2.54. The maximum Gasteiger partial charge on any atom is 0.328 e. The number of hydrogen-bond donors (Lipinski definition) is 1. The van der Waals surface area contributed by atoms with E-state index >= 15 is 0 Å². The number of aromatic nitrogens is 2. The van der Waals surface area contributed by atoms with Crippen LogP contribution in [0.3, 0.4) is 0 Å². The zero-order valence-corrected chi connectivity index (χ0v) is 13.5. The van der Waals surface area contributed by atoms with Gasteiger partial charge in [-0.25, -0.2) is 4.79 Å². The zero-order chi connectivity index (χ0) is 16.4. The van der Waals surface area contributed by atoms with Crippen LogP contribution in [0.1, 0.15) is 23.9 Å². The Kier molecular flexibility index (Phi) is 4.85. The summed E-state index contributed by atoms with van der Waals surface area (Å²) in [6.07, 6.45) is 0.564. The van der Waals surface area contributed by atoms with Crippen LogP contribution in [-0.4, -0.2) is 57.5 Å². The normalized spacial score (nSPS) is 20.0. The number of rotatable bonds is 4. The molecule has 7 heteroatoms. The van der Waals surface area contributed by atoms with Gasteiger partial charge in [-0.2, -0.15) is 5.10 Å². The largest absolute Gasteiger partial charge is 0.480 e. The predicted octanol–water partition coefficient (Wildman–Crippen LogP) is 0.528. The number of hydrogen-bond acceptors (Lipinski definition) is 4. The van der Waals surface area contributed by atoms with Crippen LogP contribution in [0, 0.1) is 19.8 Å². The van der Waals surface area contributed by atoms with Gasteiger partial charge in [-0.3, -0.25) is 9.48 Å². The van der Waals surface area contributed by atoms with Crippen molar-refractivity contribution >= 4 is 11.9 Å². The number of carbonyl (C=O) groups is 2. The van der Waals surface area contributed by atoms with Crippen molar-refractivity contribution in [2.45, 2.75) is 33.2 Å².